The summed E-state index contributed by atoms with van der Waals surface area (Å²) in [6, 6.07) is 20.5. The molecule has 1 amide bonds. The maximum Gasteiger partial charge on any atom is 0.307 e. The molecule has 0 aliphatic carbocycles. The second-order valence-corrected chi connectivity index (χ2v) is 8.50. The first-order valence-electron chi connectivity index (χ1n) is 10.5. The highest BCUT2D eigenvalue weighted by molar-refractivity contribution is 6.35. The van der Waals surface area contributed by atoms with Gasteiger partial charge in [0.1, 0.15) is 0 Å². The predicted octanol–water partition coefficient (Wildman–Crippen LogP) is 6.52. The number of amides is 1. The number of aromatic nitrogens is 1. The molecule has 2 heterocycles. The van der Waals surface area contributed by atoms with Gasteiger partial charge in [-0.25, -0.2) is 5.43 Å². The molecule has 0 unspecified atom stereocenters. The lowest BCUT2D eigenvalue weighted by molar-refractivity contribution is 0.0929. The first kappa shape index (κ1) is 22.1. The van der Waals surface area contributed by atoms with Crippen molar-refractivity contribution in [1.29, 1.82) is 0 Å². The van der Waals surface area contributed by atoms with Crippen molar-refractivity contribution in [1.82, 2.24) is 9.99 Å². The van der Waals surface area contributed by atoms with Crippen LogP contribution in [0.5, 0.6) is 5.75 Å². The topological polar surface area (TPSA) is 68.8 Å². The number of fused-ring (bicyclic) bond motifs is 2. The maximum absolute atomic E-state index is 12.6. The molecule has 0 radical (unpaired) electrons. The summed E-state index contributed by atoms with van der Waals surface area (Å²) in [6.45, 7) is 0.567. The molecule has 8 heteroatoms. The fourth-order valence-corrected chi connectivity index (χ4v) is 4.34. The van der Waals surface area contributed by atoms with Crippen LogP contribution in [0.3, 0.4) is 0 Å². The van der Waals surface area contributed by atoms with Crippen molar-refractivity contribution in [3.8, 4) is 5.75 Å². The van der Waals surface area contributed by atoms with E-state index in [0.29, 0.717) is 27.9 Å². The standard InChI is InChI=1S/C26H19Cl2N3O3/c1-33-23-8-4-5-16-11-24(34-25(16)23)26(32)30-29-13-18-15-31(22-7-3-2-6-20(18)22)14-17-9-10-19(27)12-21(17)28/h2-13,15H,14H2,1H3,(H,30,32)/b29-13-. The molecule has 6 nitrogen and oxygen atoms in total. The van der Waals surface area contributed by atoms with Crippen molar-refractivity contribution in [2.75, 3.05) is 7.11 Å². The highest BCUT2D eigenvalue weighted by Gasteiger charge is 2.14. The van der Waals surface area contributed by atoms with Gasteiger partial charge in [0.05, 0.1) is 13.3 Å². The smallest absolute Gasteiger partial charge is 0.307 e. The molecular formula is C26H19Cl2N3O3. The van der Waals surface area contributed by atoms with Crippen molar-refractivity contribution >= 4 is 57.2 Å². The highest BCUT2D eigenvalue weighted by Crippen LogP contribution is 2.29. The Morgan fingerprint density at radius 2 is 1.97 bits per heavy atom. The molecule has 170 valence electrons. The van der Waals surface area contributed by atoms with E-state index in [0.717, 1.165) is 27.4 Å². The second-order valence-electron chi connectivity index (χ2n) is 7.65. The van der Waals surface area contributed by atoms with Gasteiger partial charge < -0.3 is 13.7 Å². The number of carbonyl (C=O) groups is 1. The van der Waals surface area contributed by atoms with Crippen LogP contribution < -0.4 is 10.2 Å². The number of nitrogens with zero attached hydrogens (tertiary/aromatic N) is 2. The Labute approximate surface area is 205 Å². The average molecular weight is 492 g/mol. The van der Waals surface area contributed by atoms with Gasteiger partial charge in [0.25, 0.3) is 0 Å². The van der Waals surface area contributed by atoms with Crippen LogP contribution in [0, 0.1) is 0 Å². The quantitative estimate of drug-likeness (QED) is 0.217. The number of hydrogen-bond donors (Lipinski definition) is 1. The molecule has 5 aromatic rings. The molecular weight excluding hydrogens is 473 g/mol. The number of benzene rings is 3. The summed E-state index contributed by atoms with van der Waals surface area (Å²) in [6.07, 6.45) is 3.58. The fourth-order valence-electron chi connectivity index (χ4n) is 3.87. The van der Waals surface area contributed by atoms with E-state index in [1.54, 1.807) is 31.5 Å². The Hall–Kier alpha value is -3.74. The summed E-state index contributed by atoms with van der Waals surface area (Å²) >= 11 is 12.4. The normalized spacial score (nSPS) is 11.5. The van der Waals surface area contributed by atoms with Crippen LogP contribution in [0.4, 0.5) is 0 Å². The molecule has 34 heavy (non-hydrogen) atoms. The van der Waals surface area contributed by atoms with Gasteiger partial charge >= 0.3 is 5.91 Å². The van der Waals surface area contributed by atoms with Gasteiger partial charge in [-0.15, -0.1) is 0 Å². The molecule has 0 atom stereocenters. The summed E-state index contributed by atoms with van der Waals surface area (Å²) in [7, 11) is 1.55. The Morgan fingerprint density at radius 3 is 2.79 bits per heavy atom. The average Bonchev–Trinajstić information content (AvgIpc) is 3.43. The first-order valence-corrected chi connectivity index (χ1v) is 11.2. The number of nitrogens with one attached hydrogen (secondary N) is 1. The molecule has 0 saturated carbocycles. The summed E-state index contributed by atoms with van der Waals surface area (Å²) < 4.78 is 13.0. The van der Waals surface area contributed by atoms with Crippen LogP contribution in [0.25, 0.3) is 21.9 Å². The fraction of sp³-hybridized carbons (Fsp3) is 0.0769. The van der Waals surface area contributed by atoms with E-state index < -0.39 is 5.91 Å². The largest absolute Gasteiger partial charge is 0.493 e. The monoisotopic (exact) mass is 491 g/mol. The molecule has 2 aromatic heterocycles. The molecule has 3 aromatic carbocycles. The minimum Gasteiger partial charge on any atom is -0.493 e. The number of rotatable bonds is 6. The van der Waals surface area contributed by atoms with Crippen LogP contribution in [0.1, 0.15) is 21.7 Å². The zero-order chi connectivity index (χ0) is 23.7. The Kier molecular flexibility index (Phi) is 6.01. The predicted molar refractivity (Wildman–Crippen MR) is 135 cm³/mol. The Balaban J connectivity index is 1.38. The summed E-state index contributed by atoms with van der Waals surface area (Å²) in [5.74, 6) is 0.260. The third-order valence-electron chi connectivity index (χ3n) is 5.50. The number of hydrogen-bond acceptors (Lipinski definition) is 4. The van der Waals surface area contributed by atoms with Crippen LogP contribution in [-0.4, -0.2) is 23.8 Å². The van der Waals surface area contributed by atoms with E-state index in [9.17, 15) is 4.79 Å². The van der Waals surface area contributed by atoms with Crippen molar-refractivity contribution in [2.24, 2.45) is 5.10 Å². The minimum atomic E-state index is -0.453. The van der Waals surface area contributed by atoms with Gasteiger partial charge in [-0.3, -0.25) is 4.79 Å². The molecule has 1 N–H and O–H groups in total. The van der Waals surface area contributed by atoms with Gasteiger partial charge in [0, 0.05) is 44.6 Å². The van der Waals surface area contributed by atoms with Crippen LogP contribution >= 0.6 is 23.2 Å². The van der Waals surface area contributed by atoms with Gasteiger partial charge in [0.2, 0.25) is 0 Å². The summed E-state index contributed by atoms with van der Waals surface area (Å²) in [4.78, 5) is 12.6. The molecule has 0 spiro atoms. The summed E-state index contributed by atoms with van der Waals surface area (Å²) in [5, 5.41) is 7.13. The lowest BCUT2D eigenvalue weighted by atomic mass is 10.2. The van der Waals surface area contributed by atoms with Gasteiger partial charge in [-0.2, -0.15) is 5.10 Å². The van der Waals surface area contributed by atoms with Crippen molar-refractivity contribution < 1.29 is 13.9 Å². The zero-order valence-electron chi connectivity index (χ0n) is 18.1. The third-order valence-corrected chi connectivity index (χ3v) is 6.08. The van der Waals surface area contributed by atoms with E-state index in [4.69, 9.17) is 32.4 Å². The van der Waals surface area contributed by atoms with E-state index in [-0.39, 0.29) is 5.76 Å². The zero-order valence-corrected chi connectivity index (χ0v) is 19.6. The van der Waals surface area contributed by atoms with Crippen LogP contribution in [0.2, 0.25) is 10.0 Å². The number of ether oxygens (including phenoxy) is 1. The Bertz CT molecular complexity index is 1550. The number of methoxy groups -OCH3 is 1. The van der Waals surface area contributed by atoms with E-state index in [1.165, 1.54) is 0 Å². The molecule has 0 aliphatic heterocycles. The van der Waals surface area contributed by atoms with E-state index >= 15 is 0 Å². The maximum atomic E-state index is 12.6. The van der Waals surface area contributed by atoms with Crippen LogP contribution in [-0.2, 0) is 6.54 Å². The number of hydrazone groups is 1. The highest BCUT2D eigenvalue weighted by atomic mass is 35.5. The van der Waals surface area contributed by atoms with Gasteiger partial charge in [-0.05, 0) is 35.9 Å². The van der Waals surface area contributed by atoms with Gasteiger partial charge in [0.15, 0.2) is 17.1 Å². The number of carbonyl (C=O) groups excluding carboxylic acids is 1. The van der Waals surface area contributed by atoms with Gasteiger partial charge in [-0.1, -0.05) is 59.6 Å². The number of furan rings is 1. The van der Waals surface area contributed by atoms with Crippen LogP contribution in [0.15, 0.2) is 82.4 Å². The number of halogens is 2. The van der Waals surface area contributed by atoms with E-state index in [1.807, 2.05) is 54.7 Å². The van der Waals surface area contributed by atoms with E-state index in [2.05, 4.69) is 15.1 Å². The number of para-hydroxylation sites is 2. The third kappa shape index (κ3) is 4.25. The lowest BCUT2D eigenvalue weighted by Gasteiger charge is -2.08. The van der Waals surface area contributed by atoms with Crippen molar-refractivity contribution in [3.05, 3.63) is 99.9 Å². The molecule has 0 bridgehead atoms. The second kappa shape index (κ2) is 9.25. The SMILES string of the molecule is COc1cccc2cc(C(=O)N/N=C\c3cn(Cc4ccc(Cl)cc4Cl)c4ccccc34)oc12. The molecule has 0 saturated heterocycles. The molecule has 0 fully saturated rings. The Morgan fingerprint density at radius 1 is 1.12 bits per heavy atom. The minimum absolute atomic E-state index is 0.149. The van der Waals surface area contributed by atoms with Crippen molar-refractivity contribution in [2.45, 2.75) is 6.54 Å². The summed E-state index contributed by atoms with van der Waals surface area (Å²) in [5.41, 5.74) is 5.87. The lowest BCUT2D eigenvalue weighted by Crippen LogP contribution is -2.16. The van der Waals surface area contributed by atoms with Crippen molar-refractivity contribution in [3.63, 3.8) is 0 Å². The molecule has 5 rings (SSSR count). The first-order chi connectivity index (χ1) is 16.5. The molecule has 0 aliphatic rings.